The Morgan fingerprint density at radius 3 is 2.59 bits per heavy atom. The van der Waals surface area contributed by atoms with Crippen LogP contribution < -0.4 is 5.32 Å². The normalized spacial score (nSPS) is 24.0. The number of hydrogen-bond donors (Lipinski definition) is 1. The lowest BCUT2D eigenvalue weighted by Gasteiger charge is -2.44. The number of likely N-dealkylation sites (tertiary alicyclic amines) is 1. The van der Waals surface area contributed by atoms with Gasteiger partial charge in [0, 0.05) is 37.7 Å². The predicted molar refractivity (Wildman–Crippen MR) is 88.5 cm³/mol. The van der Waals surface area contributed by atoms with E-state index < -0.39 is 58.5 Å². The van der Waals surface area contributed by atoms with Gasteiger partial charge in [0.1, 0.15) is 11.6 Å². The van der Waals surface area contributed by atoms with Gasteiger partial charge in [-0.25, -0.2) is 26.0 Å². The second kappa shape index (κ2) is 7.02. The van der Waals surface area contributed by atoms with Gasteiger partial charge in [0.2, 0.25) is 15.9 Å². The molecule has 6 nitrogen and oxygen atoms in total. The van der Waals surface area contributed by atoms with Crippen molar-refractivity contribution in [3.05, 3.63) is 35.4 Å². The Kier molecular flexibility index (Phi) is 5.21. The molecule has 0 bridgehead atoms. The number of nitrogens with zero attached hydrogens (tertiary/aromatic N) is 2. The van der Waals surface area contributed by atoms with Gasteiger partial charge in [0.15, 0.2) is 0 Å². The highest BCUT2D eigenvalue weighted by Crippen LogP contribution is 2.36. The van der Waals surface area contributed by atoms with Crippen molar-refractivity contribution in [2.45, 2.75) is 31.0 Å². The Bertz CT molecular complexity index is 843. The van der Waals surface area contributed by atoms with E-state index in [9.17, 15) is 30.8 Å². The van der Waals surface area contributed by atoms with Crippen LogP contribution in [0.2, 0.25) is 0 Å². The van der Waals surface area contributed by atoms with E-state index in [1.807, 2.05) is 0 Å². The number of amides is 1. The molecule has 2 fully saturated rings. The van der Waals surface area contributed by atoms with Crippen LogP contribution in [0.3, 0.4) is 0 Å². The van der Waals surface area contributed by atoms with Gasteiger partial charge in [0.05, 0.1) is 18.8 Å². The lowest BCUT2D eigenvalue weighted by molar-refractivity contribution is -0.127. The van der Waals surface area contributed by atoms with E-state index in [0.717, 1.165) is 28.8 Å². The van der Waals surface area contributed by atoms with Crippen LogP contribution >= 0.6 is 0 Å². The van der Waals surface area contributed by atoms with Crippen molar-refractivity contribution in [3.63, 3.8) is 0 Å². The Morgan fingerprint density at radius 1 is 1.30 bits per heavy atom. The molecule has 2 heterocycles. The van der Waals surface area contributed by atoms with Crippen LogP contribution in [0.4, 0.5) is 17.6 Å². The van der Waals surface area contributed by atoms with Gasteiger partial charge in [-0.15, -0.1) is 0 Å². The number of rotatable bonds is 5. The lowest BCUT2D eigenvalue weighted by atomic mass is 10.1. The minimum absolute atomic E-state index is 0.0389. The van der Waals surface area contributed by atoms with E-state index in [-0.39, 0.29) is 25.2 Å². The number of alkyl halides is 2. The zero-order valence-electron chi connectivity index (χ0n) is 14.5. The van der Waals surface area contributed by atoms with Crippen LogP contribution in [-0.4, -0.2) is 67.4 Å². The van der Waals surface area contributed by atoms with Gasteiger partial charge >= 0.3 is 0 Å². The zero-order valence-corrected chi connectivity index (χ0v) is 15.3. The maximum absolute atomic E-state index is 13.9. The van der Waals surface area contributed by atoms with Gasteiger partial charge in [-0.1, -0.05) is 0 Å². The van der Waals surface area contributed by atoms with Crippen molar-refractivity contribution in [3.8, 4) is 0 Å². The molecular formula is C16H19F4N3O3S. The minimum Gasteiger partial charge on any atom is -0.351 e. The highest BCUT2D eigenvalue weighted by Gasteiger charge is 2.53. The van der Waals surface area contributed by atoms with E-state index in [1.165, 1.54) is 4.90 Å². The SMILES string of the molecule is CS(=O)(=O)N1CC(N2CC(F)(F)C[C@H]2C(=O)NCc2cc(F)ccc2F)C1. The zero-order chi connectivity index (χ0) is 20.0. The van der Waals surface area contributed by atoms with Gasteiger partial charge in [-0.2, -0.15) is 4.31 Å². The first-order valence-electron chi connectivity index (χ1n) is 8.26. The molecule has 1 atom stereocenters. The number of benzene rings is 1. The molecule has 0 spiro atoms. The summed E-state index contributed by atoms with van der Waals surface area (Å²) in [6.07, 6.45) is 0.319. The van der Waals surface area contributed by atoms with Crippen molar-refractivity contribution in [1.29, 1.82) is 0 Å². The molecule has 3 rings (SSSR count). The Morgan fingerprint density at radius 2 is 1.96 bits per heavy atom. The Hall–Kier alpha value is -1.72. The first-order valence-corrected chi connectivity index (χ1v) is 10.1. The summed E-state index contributed by atoms with van der Waals surface area (Å²) in [6.45, 7) is -0.908. The van der Waals surface area contributed by atoms with Crippen LogP contribution in [0.15, 0.2) is 18.2 Å². The summed E-state index contributed by atoms with van der Waals surface area (Å²) in [6, 6.07) is 1.12. The summed E-state index contributed by atoms with van der Waals surface area (Å²) in [5.74, 6) is -5.20. The fourth-order valence-electron chi connectivity index (χ4n) is 3.34. The average Bonchev–Trinajstić information content (AvgIpc) is 2.80. The number of hydrogen-bond acceptors (Lipinski definition) is 4. The minimum atomic E-state index is -3.41. The molecule has 2 aliphatic rings. The molecule has 150 valence electrons. The van der Waals surface area contributed by atoms with E-state index in [2.05, 4.69) is 5.32 Å². The number of carbonyl (C=O) groups excluding carboxylic acids is 1. The van der Waals surface area contributed by atoms with Gasteiger partial charge in [-0.05, 0) is 18.2 Å². The van der Waals surface area contributed by atoms with Crippen molar-refractivity contribution >= 4 is 15.9 Å². The summed E-state index contributed by atoms with van der Waals surface area (Å²) >= 11 is 0. The first kappa shape index (κ1) is 20.0. The average molecular weight is 409 g/mol. The summed E-state index contributed by atoms with van der Waals surface area (Å²) in [4.78, 5) is 13.7. The molecule has 1 N–H and O–H groups in total. The van der Waals surface area contributed by atoms with Crippen LogP contribution in [0.5, 0.6) is 0 Å². The molecule has 11 heteroatoms. The summed E-state index contributed by atoms with van der Waals surface area (Å²) in [5.41, 5.74) is -0.0912. The van der Waals surface area contributed by atoms with Crippen molar-refractivity contribution in [2.24, 2.45) is 0 Å². The van der Waals surface area contributed by atoms with Gasteiger partial charge in [-0.3, -0.25) is 9.69 Å². The summed E-state index contributed by atoms with van der Waals surface area (Å²) < 4.78 is 78.6. The Labute approximate surface area is 154 Å². The third kappa shape index (κ3) is 4.41. The van der Waals surface area contributed by atoms with Crippen molar-refractivity contribution in [1.82, 2.24) is 14.5 Å². The van der Waals surface area contributed by atoms with Crippen molar-refractivity contribution < 1.29 is 30.8 Å². The highest BCUT2D eigenvalue weighted by molar-refractivity contribution is 7.88. The van der Waals surface area contributed by atoms with Crippen molar-refractivity contribution in [2.75, 3.05) is 25.9 Å². The summed E-state index contributed by atoms with van der Waals surface area (Å²) in [5, 5.41) is 2.37. The largest absolute Gasteiger partial charge is 0.351 e. The number of nitrogens with one attached hydrogen (secondary N) is 1. The summed E-state index contributed by atoms with van der Waals surface area (Å²) in [7, 11) is -3.41. The number of carbonyl (C=O) groups is 1. The molecular weight excluding hydrogens is 390 g/mol. The Balaban J connectivity index is 1.66. The van der Waals surface area contributed by atoms with E-state index in [1.54, 1.807) is 0 Å². The molecule has 1 amide bonds. The molecule has 1 aromatic rings. The van der Waals surface area contributed by atoms with E-state index in [4.69, 9.17) is 0 Å². The van der Waals surface area contributed by atoms with Crippen LogP contribution in [0.25, 0.3) is 0 Å². The molecule has 0 saturated carbocycles. The van der Waals surface area contributed by atoms with E-state index >= 15 is 0 Å². The lowest BCUT2D eigenvalue weighted by Crippen LogP contribution is -2.63. The smallest absolute Gasteiger partial charge is 0.262 e. The molecule has 27 heavy (non-hydrogen) atoms. The van der Waals surface area contributed by atoms with Gasteiger partial charge in [0.25, 0.3) is 5.92 Å². The van der Waals surface area contributed by atoms with Crippen LogP contribution in [-0.2, 0) is 21.4 Å². The van der Waals surface area contributed by atoms with Gasteiger partial charge < -0.3 is 5.32 Å². The molecule has 0 radical (unpaired) electrons. The highest BCUT2D eigenvalue weighted by atomic mass is 32.2. The molecule has 0 unspecified atom stereocenters. The molecule has 2 aliphatic heterocycles. The fourth-order valence-corrected chi connectivity index (χ4v) is 4.23. The third-order valence-electron chi connectivity index (χ3n) is 4.84. The maximum atomic E-state index is 13.9. The number of sulfonamides is 1. The standard InChI is InChI=1S/C16H19F4N3O3S/c1-27(25,26)22-7-12(8-22)23-9-16(19,20)5-14(23)15(24)21-6-10-4-11(17)2-3-13(10)18/h2-4,12,14H,5-9H2,1H3,(H,21,24)/t14-/m0/s1. The molecule has 2 saturated heterocycles. The topological polar surface area (TPSA) is 69.7 Å². The monoisotopic (exact) mass is 409 g/mol. The van der Waals surface area contributed by atoms with E-state index in [0.29, 0.717) is 0 Å². The molecule has 0 aliphatic carbocycles. The fraction of sp³-hybridized carbons (Fsp3) is 0.562. The quantitative estimate of drug-likeness (QED) is 0.735. The third-order valence-corrected chi connectivity index (χ3v) is 6.07. The number of halogens is 4. The molecule has 1 aromatic carbocycles. The van der Waals surface area contributed by atoms with Crippen LogP contribution in [0, 0.1) is 11.6 Å². The maximum Gasteiger partial charge on any atom is 0.262 e. The predicted octanol–water partition coefficient (Wildman–Crippen LogP) is 0.934. The second-order valence-corrected chi connectivity index (χ2v) is 8.92. The first-order chi connectivity index (χ1) is 12.5. The molecule has 0 aromatic heterocycles. The van der Waals surface area contributed by atoms with Crippen LogP contribution in [0.1, 0.15) is 12.0 Å². The second-order valence-electron chi connectivity index (χ2n) is 6.94.